The van der Waals surface area contributed by atoms with E-state index in [0.717, 1.165) is 18.6 Å². The van der Waals surface area contributed by atoms with E-state index in [4.69, 9.17) is 19.9 Å². The van der Waals surface area contributed by atoms with E-state index in [2.05, 4.69) is 5.32 Å². The van der Waals surface area contributed by atoms with Crippen molar-refractivity contribution in [1.29, 1.82) is 0 Å². The lowest BCUT2D eigenvalue weighted by molar-refractivity contribution is -0.156. The van der Waals surface area contributed by atoms with Gasteiger partial charge in [0.15, 0.2) is 11.9 Å². The molecule has 3 N–H and O–H groups in total. The van der Waals surface area contributed by atoms with Crippen LogP contribution in [0.1, 0.15) is 32.3 Å². The number of benzene rings is 1. The molecule has 1 aromatic carbocycles. The van der Waals surface area contributed by atoms with Crippen LogP contribution in [0.2, 0.25) is 0 Å². The van der Waals surface area contributed by atoms with Crippen molar-refractivity contribution in [2.45, 2.75) is 51.6 Å². The van der Waals surface area contributed by atoms with E-state index in [1.54, 1.807) is 13.8 Å². The summed E-state index contributed by atoms with van der Waals surface area (Å²) in [4.78, 5) is 12.4. The Labute approximate surface area is 143 Å². The molecule has 6 nitrogen and oxygen atoms in total. The Morgan fingerprint density at radius 3 is 2.62 bits per heavy atom. The zero-order chi connectivity index (χ0) is 17.6. The van der Waals surface area contributed by atoms with Crippen LogP contribution in [0.3, 0.4) is 0 Å². The molecule has 1 aliphatic rings. The second-order valence-corrected chi connectivity index (χ2v) is 6.51. The third-order valence-electron chi connectivity index (χ3n) is 3.81. The maximum atomic E-state index is 12.4. The lowest BCUT2D eigenvalue weighted by Gasteiger charge is -2.17. The number of ether oxygens (including phenoxy) is 3. The first-order valence-corrected chi connectivity index (χ1v) is 8.44. The fraction of sp³-hybridized carbons (Fsp3) is 0.611. The van der Waals surface area contributed by atoms with Crippen molar-refractivity contribution in [2.75, 3.05) is 19.7 Å². The zero-order valence-electron chi connectivity index (χ0n) is 14.7. The molecule has 0 spiro atoms. The number of hydrogen-bond donors (Lipinski definition) is 2. The Kier molecular flexibility index (Phi) is 6.60. The molecule has 1 saturated heterocycles. The second kappa shape index (κ2) is 8.46. The molecule has 0 saturated carbocycles. The largest absolute Gasteiger partial charge is 0.491 e. The Balaban J connectivity index is 1.90. The summed E-state index contributed by atoms with van der Waals surface area (Å²) in [6, 6.07) is 7.76. The van der Waals surface area contributed by atoms with Crippen molar-refractivity contribution >= 4 is 5.91 Å². The van der Waals surface area contributed by atoms with E-state index < -0.39 is 18.0 Å². The first kappa shape index (κ1) is 18.7. The molecular formula is C18H28N2O4. The molecule has 1 aromatic rings. The van der Waals surface area contributed by atoms with Gasteiger partial charge in [-0.15, -0.1) is 0 Å². The quantitative estimate of drug-likeness (QED) is 0.707. The van der Waals surface area contributed by atoms with Crippen LogP contribution in [-0.2, 0) is 14.3 Å². The Bertz CT molecular complexity index is 530. The van der Waals surface area contributed by atoms with E-state index in [9.17, 15) is 4.79 Å². The molecule has 6 heteroatoms. The highest BCUT2D eigenvalue weighted by atomic mass is 16.8. The highest BCUT2D eigenvalue weighted by molar-refractivity contribution is 5.81. The molecule has 1 heterocycles. The Hall–Kier alpha value is -1.63. The summed E-state index contributed by atoms with van der Waals surface area (Å²) in [7, 11) is 0. The summed E-state index contributed by atoms with van der Waals surface area (Å²) in [5, 5.41) is 2.88. The molecule has 1 amide bonds. The van der Waals surface area contributed by atoms with Gasteiger partial charge in [-0.1, -0.05) is 17.7 Å². The van der Waals surface area contributed by atoms with Crippen molar-refractivity contribution in [2.24, 2.45) is 5.73 Å². The van der Waals surface area contributed by atoms with Crippen LogP contribution in [0, 0.1) is 6.92 Å². The summed E-state index contributed by atoms with van der Waals surface area (Å²) in [6.45, 7) is 7.08. The van der Waals surface area contributed by atoms with Gasteiger partial charge in [-0.05, 0) is 52.3 Å². The SMILES string of the molecule is Cc1ccc(OC[C@@H]2OC(C)(C)O[C@@H]2C(=O)NCCCCN)cc1. The van der Waals surface area contributed by atoms with Crippen LogP contribution >= 0.6 is 0 Å². The van der Waals surface area contributed by atoms with Crippen LogP contribution in [0.5, 0.6) is 5.75 Å². The van der Waals surface area contributed by atoms with Crippen LogP contribution in [-0.4, -0.2) is 43.6 Å². The second-order valence-electron chi connectivity index (χ2n) is 6.51. The lowest BCUT2D eigenvalue weighted by atomic mass is 10.2. The molecule has 1 fully saturated rings. The molecule has 134 valence electrons. The maximum Gasteiger partial charge on any atom is 0.252 e. The minimum absolute atomic E-state index is 0.171. The van der Waals surface area contributed by atoms with Crippen LogP contribution in [0.4, 0.5) is 0 Å². The first-order chi connectivity index (χ1) is 11.4. The third-order valence-corrected chi connectivity index (χ3v) is 3.81. The molecule has 2 rings (SSSR count). The number of hydrogen-bond acceptors (Lipinski definition) is 5. The number of nitrogens with two attached hydrogens (primary N) is 1. The summed E-state index contributed by atoms with van der Waals surface area (Å²) in [6.07, 6.45) is 0.608. The van der Waals surface area contributed by atoms with Crippen molar-refractivity contribution in [3.8, 4) is 5.75 Å². The summed E-state index contributed by atoms with van der Waals surface area (Å²) >= 11 is 0. The smallest absolute Gasteiger partial charge is 0.252 e. The molecule has 0 unspecified atom stereocenters. The van der Waals surface area contributed by atoms with Crippen molar-refractivity contribution in [3.05, 3.63) is 29.8 Å². The van der Waals surface area contributed by atoms with Gasteiger partial charge in [-0.2, -0.15) is 0 Å². The first-order valence-electron chi connectivity index (χ1n) is 8.44. The van der Waals surface area contributed by atoms with Gasteiger partial charge in [0.2, 0.25) is 0 Å². The normalized spacial score (nSPS) is 22.3. The molecular weight excluding hydrogens is 308 g/mol. The molecule has 0 aliphatic carbocycles. The van der Waals surface area contributed by atoms with Gasteiger partial charge >= 0.3 is 0 Å². The lowest BCUT2D eigenvalue weighted by Crippen LogP contribution is -2.43. The topological polar surface area (TPSA) is 82.8 Å². The third kappa shape index (κ3) is 5.47. The van der Waals surface area contributed by atoms with E-state index in [-0.39, 0.29) is 12.5 Å². The van der Waals surface area contributed by atoms with Gasteiger partial charge in [0.05, 0.1) is 0 Å². The van der Waals surface area contributed by atoms with E-state index in [0.29, 0.717) is 13.1 Å². The highest BCUT2D eigenvalue weighted by Crippen LogP contribution is 2.29. The Morgan fingerprint density at radius 1 is 1.25 bits per heavy atom. The monoisotopic (exact) mass is 336 g/mol. The predicted octanol–water partition coefficient (Wildman–Crippen LogP) is 1.75. The molecule has 0 radical (unpaired) electrons. The summed E-state index contributed by atoms with van der Waals surface area (Å²) < 4.78 is 17.3. The number of unbranched alkanes of at least 4 members (excludes halogenated alkanes) is 1. The molecule has 24 heavy (non-hydrogen) atoms. The van der Waals surface area contributed by atoms with Crippen LogP contribution in [0.25, 0.3) is 0 Å². The highest BCUT2D eigenvalue weighted by Gasteiger charge is 2.45. The van der Waals surface area contributed by atoms with Crippen molar-refractivity contribution in [3.63, 3.8) is 0 Å². The minimum Gasteiger partial charge on any atom is -0.491 e. The van der Waals surface area contributed by atoms with Crippen molar-refractivity contribution in [1.82, 2.24) is 5.32 Å². The standard InChI is InChI=1S/C18H28N2O4/c1-13-6-8-14(9-7-13)22-12-15-16(24-18(2,3)23-15)17(21)20-11-5-4-10-19/h6-9,15-16H,4-5,10-12,19H2,1-3H3,(H,20,21)/t15-,16-/m0/s1. The van der Waals surface area contributed by atoms with Gasteiger partial charge < -0.3 is 25.3 Å². The van der Waals surface area contributed by atoms with Crippen LogP contribution < -0.4 is 15.8 Å². The van der Waals surface area contributed by atoms with Gasteiger partial charge in [0, 0.05) is 6.54 Å². The average Bonchev–Trinajstić information content (AvgIpc) is 2.86. The van der Waals surface area contributed by atoms with Crippen LogP contribution in [0.15, 0.2) is 24.3 Å². The number of rotatable bonds is 8. The maximum absolute atomic E-state index is 12.4. The molecule has 2 atom stereocenters. The van der Waals surface area contributed by atoms with Gasteiger partial charge in [-0.3, -0.25) is 4.79 Å². The van der Waals surface area contributed by atoms with Gasteiger partial charge in [-0.25, -0.2) is 0 Å². The molecule has 0 bridgehead atoms. The minimum atomic E-state index is -0.805. The zero-order valence-corrected chi connectivity index (χ0v) is 14.7. The Morgan fingerprint density at radius 2 is 1.96 bits per heavy atom. The van der Waals surface area contributed by atoms with Gasteiger partial charge in [0.25, 0.3) is 5.91 Å². The fourth-order valence-corrected chi connectivity index (χ4v) is 2.57. The number of carbonyl (C=O) groups is 1. The summed E-state index contributed by atoms with van der Waals surface area (Å²) in [5.41, 5.74) is 6.62. The van der Waals surface area contributed by atoms with E-state index >= 15 is 0 Å². The van der Waals surface area contributed by atoms with E-state index in [1.165, 1.54) is 5.56 Å². The number of amides is 1. The molecule has 1 aliphatic heterocycles. The average molecular weight is 336 g/mol. The number of carbonyl (C=O) groups excluding carboxylic acids is 1. The van der Waals surface area contributed by atoms with Gasteiger partial charge in [0.1, 0.15) is 18.5 Å². The van der Waals surface area contributed by atoms with E-state index in [1.807, 2.05) is 31.2 Å². The fourth-order valence-electron chi connectivity index (χ4n) is 2.57. The number of aryl methyl sites for hydroxylation is 1. The molecule has 0 aromatic heterocycles. The van der Waals surface area contributed by atoms with Crippen molar-refractivity contribution < 1.29 is 19.0 Å². The summed E-state index contributed by atoms with van der Waals surface area (Å²) in [5.74, 6) is -0.230. The predicted molar refractivity (Wildman–Crippen MR) is 91.8 cm³/mol. The number of nitrogens with one attached hydrogen (secondary N) is 1.